The van der Waals surface area contributed by atoms with Crippen molar-refractivity contribution in [2.24, 2.45) is 0 Å². The van der Waals surface area contributed by atoms with Gasteiger partial charge in [-0.15, -0.1) is 0 Å². The van der Waals surface area contributed by atoms with Crippen LogP contribution < -0.4 is 0 Å². The number of aromatic nitrogens is 1. The van der Waals surface area contributed by atoms with E-state index in [1.165, 1.54) is 18.3 Å². The Morgan fingerprint density at radius 3 is 2.74 bits per heavy atom. The summed E-state index contributed by atoms with van der Waals surface area (Å²) in [5, 5.41) is 2.25. The lowest BCUT2D eigenvalue weighted by Crippen LogP contribution is -2.01. The van der Waals surface area contributed by atoms with Crippen molar-refractivity contribution in [3.63, 3.8) is 0 Å². The van der Waals surface area contributed by atoms with Crippen molar-refractivity contribution in [1.29, 1.82) is 0 Å². The molecule has 0 aliphatic rings. The van der Waals surface area contributed by atoms with Crippen LogP contribution in [0.15, 0.2) is 67.0 Å². The molecule has 0 saturated carbocycles. The third-order valence-corrected chi connectivity index (χ3v) is 3.33. The van der Waals surface area contributed by atoms with Crippen molar-refractivity contribution in [2.75, 3.05) is 0 Å². The number of hydrogen-bond donors (Lipinski definition) is 0. The second kappa shape index (κ2) is 6.83. The highest BCUT2D eigenvalue weighted by Gasteiger charge is 2.01. The van der Waals surface area contributed by atoms with Crippen LogP contribution in [0.4, 0.5) is 4.39 Å². The molecule has 4 heteroatoms. The number of benzene rings is 2. The van der Waals surface area contributed by atoms with E-state index in [-0.39, 0.29) is 6.61 Å². The number of rotatable bonds is 4. The topological polar surface area (TPSA) is 39.2 Å². The van der Waals surface area contributed by atoms with Crippen LogP contribution in [0, 0.1) is 5.82 Å². The molecular formula is C19H14FNO2. The van der Waals surface area contributed by atoms with Crippen LogP contribution in [0.5, 0.6) is 0 Å². The lowest BCUT2D eigenvalue weighted by Gasteiger charge is -2.02. The summed E-state index contributed by atoms with van der Waals surface area (Å²) in [5.41, 5.74) is 1.42. The summed E-state index contributed by atoms with van der Waals surface area (Å²) in [6.07, 6.45) is 5.61. The first-order chi connectivity index (χ1) is 11.2. The van der Waals surface area contributed by atoms with E-state index in [0.717, 1.165) is 22.5 Å². The monoisotopic (exact) mass is 307 g/mol. The summed E-state index contributed by atoms with van der Waals surface area (Å²) in [6.45, 7) is -0.00828. The highest BCUT2D eigenvalue weighted by atomic mass is 19.1. The summed E-state index contributed by atoms with van der Waals surface area (Å²) in [5.74, 6) is -0.937. The molecule has 3 nitrogen and oxygen atoms in total. The Morgan fingerprint density at radius 1 is 1.09 bits per heavy atom. The molecule has 3 aromatic rings. The molecule has 3 rings (SSSR count). The zero-order valence-corrected chi connectivity index (χ0v) is 12.3. The van der Waals surface area contributed by atoms with Crippen LogP contribution in [0.3, 0.4) is 0 Å². The predicted molar refractivity (Wildman–Crippen MR) is 87.0 cm³/mol. The predicted octanol–water partition coefficient (Wildman–Crippen LogP) is 4.13. The molecule has 114 valence electrons. The van der Waals surface area contributed by atoms with Crippen LogP contribution in [0.25, 0.3) is 16.8 Å². The molecule has 1 aromatic heterocycles. The molecule has 0 radical (unpaired) electrons. The van der Waals surface area contributed by atoms with E-state index in [9.17, 15) is 9.18 Å². The fourth-order valence-electron chi connectivity index (χ4n) is 2.21. The number of esters is 1. The molecule has 0 fully saturated rings. The summed E-state index contributed by atoms with van der Waals surface area (Å²) in [4.78, 5) is 15.4. The van der Waals surface area contributed by atoms with E-state index in [4.69, 9.17) is 4.74 Å². The lowest BCUT2D eigenvalue weighted by atomic mass is 10.1. The van der Waals surface area contributed by atoms with Gasteiger partial charge in [0.15, 0.2) is 0 Å². The molecule has 0 bridgehead atoms. The fraction of sp³-hybridized carbons (Fsp3) is 0.0526. The Kier molecular flexibility index (Phi) is 4.43. The molecule has 2 aromatic carbocycles. The quantitative estimate of drug-likeness (QED) is 0.537. The maximum atomic E-state index is 13.0. The van der Waals surface area contributed by atoms with Crippen LogP contribution in [-0.2, 0) is 16.1 Å². The van der Waals surface area contributed by atoms with E-state index in [1.807, 2.05) is 42.5 Å². The minimum Gasteiger partial charge on any atom is -0.458 e. The van der Waals surface area contributed by atoms with Gasteiger partial charge >= 0.3 is 5.97 Å². The highest BCUT2D eigenvalue weighted by molar-refractivity contribution is 5.89. The Balaban J connectivity index is 1.63. The second-order valence-corrected chi connectivity index (χ2v) is 5.06. The van der Waals surface area contributed by atoms with Gasteiger partial charge in [-0.05, 0) is 34.5 Å². The third-order valence-electron chi connectivity index (χ3n) is 3.33. The van der Waals surface area contributed by atoms with Gasteiger partial charge < -0.3 is 4.74 Å². The van der Waals surface area contributed by atoms with E-state index in [2.05, 4.69) is 4.98 Å². The van der Waals surface area contributed by atoms with Crippen LogP contribution in [0.2, 0.25) is 0 Å². The standard InChI is InChI=1S/C19H14FNO2/c20-18-10-15(11-21-12-18)13-23-19(22)8-6-14-5-7-16-3-1-2-4-17(16)9-14/h1-12H,13H2/b8-6+. The highest BCUT2D eigenvalue weighted by Crippen LogP contribution is 2.16. The molecule has 0 amide bonds. The van der Waals surface area contributed by atoms with Crippen LogP contribution in [0.1, 0.15) is 11.1 Å². The van der Waals surface area contributed by atoms with Gasteiger partial charge in [0.25, 0.3) is 0 Å². The van der Waals surface area contributed by atoms with E-state index < -0.39 is 11.8 Å². The number of halogens is 1. The number of nitrogens with zero attached hydrogens (tertiary/aromatic N) is 1. The van der Waals surface area contributed by atoms with E-state index in [0.29, 0.717) is 5.56 Å². The van der Waals surface area contributed by atoms with Crippen molar-refractivity contribution in [3.8, 4) is 0 Å². The van der Waals surface area contributed by atoms with Gasteiger partial charge in [-0.25, -0.2) is 9.18 Å². The van der Waals surface area contributed by atoms with Crippen molar-refractivity contribution < 1.29 is 13.9 Å². The molecule has 0 aliphatic heterocycles. The Bertz CT molecular complexity index is 874. The summed E-state index contributed by atoms with van der Waals surface area (Å²) in [7, 11) is 0. The molecule has 0 aliphatic carbocycles. The summed E-state index contributed by atoms with van der Waals surface area (Å²) < 4.78 is 18.0. The van der Waals surface area contributed by atoms with E-state index >= 15 is 0 Å². The average Bonchev–Trinajstić information content (AvgIpc) is 2.58. The van der Waals surface area contributed by atoms with Crippen LogP contribution >= 0.6 is 0 Å². The van der Waals surface area contributed by atoms with Crippen molar-refractivity contribution in [3.05, 3.63) is 83.9 Å². The summed E-state index contributed by atoms with van der Waals surface area (Å²) >= 11 is 0. The van der Waals surface area contributed by atoms with Gasteiger partial charge in [0.05, 0.1) is 6.20 Å². The first-order valence-corrected chi connectivity index (χ1v) is 7.14. The van der Waals surface area contributed by atoms with Gasteiger partial charge in [-0.1, -0.05) is 36.4 Å². The van der Waals surface area contributed by atoms with Gasteiger partial charge in [0.1, 0.15) is 12.4 Å². The number of ether oxygens (including phenoxy) is 1. The van der Waals surface area contributed by atoms with E-state index in [1.54, 1.807) is 6.08 Å². The second-order valence-electron chi connectivity index (χ2n) is 5.06. The molecule has 0 atom stereocenters. The average molecular weight is 307 g/mol. The van der Waals surface area contributed by atoms with Crippen LogP contribution in [-0.4, -0.2) is 11.0 Å². The maximum Gasteiger partial charge on any atom is 0.331 e. The van der Waals surface area contributed by atoms with Crippen molar-refractivity contribution in [2.45, 2.75) is 6.61 Å². The molecule has 0 unspecified atom stereocenters. The van der Waals surface area contributed by atoms with Gasteiger partial charge in [-0.2, -0.15) is 0 Å². The first kappa shape index (κ1) is 14.9. The zero-order valence-electron chi connectivity index (χ0n) is 12.3. The Hall–Kier alpha value is -3.01. The summed E-state index contributed by atoms with van der Waals surface area (Å²) in [6, 6.07) is 15.2. The number of carbonyl (C=O) groups excluding carboxylic acids is 1. The molecule has 0 saturated heterocycles. The molecule has 1 heterocycles. The number of pyridine rings is 1. The maximum absolute atomic E-state index is 13.0. The van der Waals surface area contributed by atoms with Gasteiger partial charge in [0, 0.05) is 17.8 Å². The first-order valence-electron chi connectivity index (χ1n) is 7.14. The largest absolute Gasteiger partial charge is 0.458 e. The minimum atomic E-state index is -0.484. The van der Waals surface area contributed by atoms with Gasteiger partial charge in [-0.3, -0.25) is 4.98 Å². The smallest absolute Gasteiger partial charge is 0.331 e. The number of fused-ring (bicyclic) bond motifs is 1. The normalized spacial score (nSPS) is 11.0. The fourth-order valence-corrected chi connectivity index (χ4v) is 2.21. The Morgan fingerprint density at radius 2 is 1.91 bits per heavy atom. The lowest BCUT2D eigenvalue weighted by molar-refractivity contribution is -0.138. The molecular weight excluding hydrogens is 293 g/mol. The third kappa shape index (κ3) is 4.01. The minimum absolute atomic E-state index is 0.00828. The molecule has 0 spiro atoms. The van der Waals surface area contributed by atoms with Gasteiger partial charge in [0.2, 0.25) is 0 Å². The molecule has 23 heavy (non-hydrogen) atoms. The number of carbonyl (C=O) groups is 1. The SMILES string of the molecule is O=C(/C=C/c1ccc2ccccc2c1)OCc1cncc(F)c1. The Labute approximate surface area is 133 Å². The van der Waals surface area contributed by atoms with Crippen molar-refractivity contribution >= 4 is 22.8 Å². The molecule has 0 N–H and O–H groups in total. The van der Waals surface area contributed by atoms with Crippen molar-refractivity contribution in [1.82, 2.24) is 4.98 Å². The zero-order chi connectivity index (χ0) is 16.1. The number of hydrogen-bond acceptors (Lipinski definition) is 3.